The van der Waals surface area contributed by atoms with Gasteiger partial charge in [-0.05, 0) is 12.1 Å². The van der Waals surface area contributed by atoms with Crippen LogP contribution in [0.2, 0.25) is 0 Å². The summed E-state index contributed by atoms with van der Waals surface area (Å²) in [5.74, 6) is -1.83. The predicted molar refractivity (Wildman–Crippen MR) is 86.0 cm³/mol. The van der Waals surface area contributed by atoms with Gasteiger partial charge in [0.25, 0.3) is 5.91 Å². The fourth-order valence-corrected chi connectivity index (χ4v) is 3.65. The van der Waals surface area contributed by atoms with Crippen LogP contribution in [0, 0.1) is 11.7 Å². The van der Waals surface area contributed by atoms with Crippen molar-refractivity contribution in [1.82, 2.24) is 9.62 Å². The number of hydrogen-bond donors (Lipinski definition) is 1. The molecule has 0 bridgehead atoms. The van der Waals surface area contributed by atoms with Gasteiger partial charge >= 0.3 is 0 Å². The summed E-state index contributed by atoms with van der Waals surface area (Å²) in [6, 6.07) is 3.57. The molecule has 1 N–H and O–H groups in total. The second-order valence-corrected chi connectivity index (χ2v) is 7.99. The van der Waals surface area contributed by atoms with E-state index in [1.165, 1.54) is 39.4 Å². The van der Waals surface area contributed by atoms with Gasteiger partial charge in [-0.1, -0.05) is 6.07 Å². The summed E-state index contributed by atoms with van der Waals surface area (Å²) in [6.07, 6.45) is 0. The number of ether oxygens (including phenoxy) is 2. The van der Waals surface area contributed by atoms with Crippen LogP contribution in [0.25, 0.3) is 0 Å². The number of nitrogens with zero attached hydrogens (tertiary/aromatic N) is 1. The van der Waals surface area contributed by atoms with Crippen molar-refractivity contribution in [3.8, 4) is 5.75 Å². The topological polar surface area (TPSA) is 84.9 Å². The molecule has 1 aliphatic rings. The smallest absolute Gasteiger partial charge is 0.255 e. The van der Waals surface area contributed by atoms with Gasteiger partial charge in [0.15, 0.2) is 11.6 Å². The number of methoxy groups -OCH3 is 1. The first-order valence-electron chi connectivity index (χ1n) is 7.37. The molecule has 2 atom stereocenters. The number of halogens is 1. The molecule has 9 heteroatoms. The maximum Gasteiger partial charge on any atom is 0.255 e. The second-order valence-electron chi connectivity index (χ2n) is 5.76. The highest BCUT2D eigenvalue weighted by atomic mass is 32.2. The number of carbonyl (C=O) groups excluding carboxylic acids is 1. The minimum Gasteiger partial charge on any atom is -0.493 e. The molecule has 0 radical (unpaired) electrons. The summed E-state index contributed by atoms with van der Waals surface area (Å²) in [5.41, 5.74) is 0.0543. The molecule has 1 aromatic rings. The first-order chi connectivity index (χ1) is 11.3. The molecule has 0 unspecified atom stereocenters. The largest absolute Gasteiger partial charge is 0.493 e. The highest BCUT2D eigenvalue weighted by Gasteiger charge is 2.34. The minimum atomic E-state index is -3.42. The third-order valence-electron chi connectivity index (χ3n) is 3.91. The van der Waals surface area contributed by atoms with Crippen LogP contribution >= 0.6 is 0 Å². The molecule has 1 saturated heterocycles. The third kappa shape index (κ3) is 4.03. The molecule has 0 aromatic heterocycles. The molecule has 0 aliphatic carbocycles. The Hall–Kier alpha value is -1.71. The molecule has 134 valence electrons. The molecule has 1 heterocycles. The monoisotopic (exact) mass is 360 g/mol. The molecule has 24 heavy (non-hydrogen) atoms. The van der Waals surface area contributed by atoms with Crippen LogP contribution < -0.4 is 10.1 Å². The summed E-state index contributed by atoms with van der Waals surface area (Å²) < 4.78 is 49.1. The molecule has 1 aliphatic heterocycles. The summed E-state index contributed by atoms with van der Waals surface area (Å²) >= 11 is 0. The van der Waals surface area contributed by atoms with Crippen molar-refractivity contribution in [2.75, 3.05) is 40.2 Å². The fourth-order valence-electron chi connectivity index (χ4n) is 2.48. The zero-order valence-corrected chi connectivity index (χ0v) is 14.6. The van der Waals surface area contributed by atoms with Crippen LogP contribution in [0.1, 0.15) is 10.4 Å². The first-order valence-corrected chi connectivity index (χ1v) is 8.98. The zero-order valence-electron chi connectivity index (χ0n) is 13.8. The molecule has 0 saturated carbocycles. The maximum absolute atomic E-state index is 13.7. The highest BCUT2D eigenvalue weighted by Crippen LogP contribution is 2.23. The van der Waals surface area contributed by atoms with Gasteiger partial charge in [0, 0.05) is 20.0 Å². The zero-order chi connectivity index (χ0) is 17.9. The van der Waals surface area contributed by atoms with Gasteiger partial charge in [0.05, 0.1) is 37.7 Å². The van der Waals surface area contributed by atoms with Crippen molar-refractivity contribution < 1.29 is 27.1 Å². The van der Waals surface area contributed by atoms with Crippen LogP contribution in [-0.2, 0) is 14.8 Å². The van der Waals surface area contributed by atoms with Gasteiger partial charge in [-0.2, -0.15) is 0 Å². The fraction of sp³-hybridized carbons (Fsp3) is 0.533. The predicted octanol–water partition coefficient (Wildman–Crippen LogP) is 0.471. The van der Waals surface area contributed by atoms with Crippen LogP contribution in [0.15, 0.2) is 18.2 Å². The van der Waals surface area contributed by atoms with E-state index in [0.717, 1.165) is 4.31 Å². The number of benzene rings is 1. The lowest BCUT2D eigenvalue weighted by atomic mass is 10.1. The summed E-state index contributed by atoms with van der Waals surface area (Å²) in [7, 11) is 0.770. The average molecular weight is 360 g/mol. The van der Waals surface area contributed by atoms with Gasteiger partial charge in [-0.3, -0.25) is 4.79 Å². The van der Waals surface area contributed by atoms with Crippen molar-refractivity contribution in [1.29, 1.82) is 0 Å². The van der Waals surface area contributed by atoms with E-state index >= 15 is 0 Å². The highest BCUT2D eigenvalue weighted by molar-refractivity contribution is 7.89. The van der Waals surface area contributed by atoms with Gasteiger partial charge in [0.2, 0.25) is 10.0 Å². The van der Waals surface area contributed by atoms with Crippen molar-refractivity contribution in [2.45, 2.75) is 6.04 Å². The third-order valence-corrected chi connectivity index (χ3v) is 5.87. The Balaban J connectivity index is 2.12. The Morgan fingerprint density at radius 2 is 2.12 bits per heavy atom. The van der Waals surface area contributed by atoms with E-state index in [1.807, 2.05) is 0 Å². The van der Waals surface area contributed by atoms with E-state index in [4.69, 9.17) is 9.47 Å². The Kier molecular flexibility index (Phi) is 5.79. The van der Waals surface area contributed by atoms with Crippen LogP contribution in [-0.4, -0.2) is 64.8 Å². The number of hydrogen-bond acceptors (Lipinski definition) is 5. The summed E-state index contributed by atoms with van der Waals surface area (Å²) in [6.45, 7) is 0.440. The Morgan fingerprint density at radius 3 is 2.75 bits per heavy atom. The molecule has 1 fully saturated rings. The molecule has 1 aromatic carbocycles. The maximum atomic E-state index is 13.7. The van der Waals surface area contributed by atoms with Gasteiger partial charge in [-0.15, -0.1) is 0 Å². The second kappa shape index (κ2) is 7.45. The number of nitrogens with one attached hydrogen (secondary N) is 1. The molecule has 1 amide bonds. The normalized spacial score (nSPS) is 21.0. The van der Waals surface area contributed by atoms with Crippen molar-refractivity contribution in [2.24, 2.45) is 5.92 Å². The quantitative estimate of drug-likeness (QED) is 0.797. The van der Waals surface area contributed by atoms with Crippen molar-refractivity contribution in [3.05, 3.63) is 29.6 Å². The van der Waals surface area contributed by atoms with Crippen LogP contribution in [0.5, 0.6) is 5.75 Å². The average Bonchev–Trinajstić information content (AvgIpc) is 2.93. The standard InChI is InChI=1S/C15H21FN2O5S/c1-18(2)24(20,21)9-10-7-23-8-13(10)17-15(19)11-5-4-6-12(16)14(11)22-3/h4-6,10,13H,7-9H2,1-3H3,(H,17,19)/t10-,13+/m0/s1. The van der Waals surface area contributed by atoms with Gasteiger partial charge in [0.1, 0.15) is 0 Å². The van der Waals surface area contributed by atoms with E-state index in [0.29, 0.717) is 0 Å². The van der Waals surface area contributed by atoms with E-state index in [1.54, 1.807) is 0 Å². The number of sulfonamides is 1. The minimum absolute atomic E-state index is 0.0543. The molecule has 0 spiro atoms. The van der Waals surface area contributed by atoms with E-state index < -0.39 is 27.8 Å². The van der Waals surface area contributed by atoms with E-state index in [-0.39, 0.29) is 36.2 Å². The lowest BCUT2D eigenvalue weighted by molar-refractivity contribution is 0.0922. The van der Waals surface area contributed by atoms with E-state index in [9.17, 15) is 17.6 Å². The number of para-hydroxylation sites is 1. The molecule has 2 rings (SSSR count). The summed E-state index contributed by atoms with van der Waals surface area (Å²) in [4.78, 5) is 12.4. The van der Waals surface area contributed by atoms with E-state index in [2.05, 4.69) is 5.32 Å². The Labute approximate surface area is 140 Å². The van der Waals surface area contributed by atoms with Crippen LogP contribution in [0.4, 0.5) is 4.39 Å². The summed E-state index contributed by atoms with van der Waals surface area (Å²) in [5, 5.41) is 2.72. The lowest BCUT2D eigenvalue weighted by Crippen LogP contribution is -2.43. The number of amides is 1. The van der Waals surface area contributed by atoms with Crippen molar-refractivity contribution >= 4 is 15.9 Å². The Morgan fingerprint density at radius 1 is 1.42 bits per heavy atom. The van der Waals surface area contributed by atoms with Crippen LogP contribution in [0.3, 0.4) is 0 Å². The Bertz CT molecular complexity index is 708. The van der Waals surface area contributed by atoms with Crippen molar-refractivity contribution in [3.63, 3.8) is 0 Å². The SMILES string of the molecule is COc1c(F)cccc1C(=O)N[C@@H]1COC[C@H]1CS(=O)(=O)N(C)C. The molecular formula is C15H21FN2O5S. The van der Waals surface area contributed by atoms with Gasteiger partial charge in [-0.25, -0.2) is 17.1 Å². The molecular weight excluding hydrogens is 339 g/mol. The number of carbonyl (C=O) groups is 1. The molecule has 7 nitrogen and oxygen atoms in total. The lowest BCUT2D eigenvalue weighted by Gasteiger charge is -2.21. The number of rotatable bonds is 6. The first kappa shape index (κ1) is 18.6. The van der Waals surface area contributed by atoms with Gasteiger partial charge < -0.3 is 14.8 Å².